The fourth-order valence-electron chi connectivity index (χ4n) is 4.31. The molecule has 4 rings (SSSR count). The van der Waals surface area contributed by atoms with Crippen LogP contribution >= 0.6 is 0 Å². The molecule has 0 spiro atoms. The number of nitrogens with one attached hydrogen (secondary N) is 1. The summed E-state index contributed by atoms with van der Waals surface area (Å²) in [5.74, 6) is -2.32. The van der Waals surface area contributed by atoms with Gasteiger partial charge in [-0.3, -0.25) is 14.4 Å². The third-order valence-electron chi connectivity index (χ3n) is 6.90. The molecule has 0 saturated carbocycles. The first-order valence-corrected chi connectivity index (χ1v) is 15.5. The molecule has 3 aromatic rings. The number of aryl methyl sites for hydroxylation is 1. The van der Waals surface area contributed by atoms with Crippen molar-refractivity contribution in [1.82, 2.24) is 19.5 Å². The fraction of sp³-hybridized carbons (Fsp3) is 0.414. The number of hydrogen-bond donors (Lipinski definition) is 1. The average Bonchev–Trinajstić information content (AvgIpc) is 3.65. The van der Waals surface area contributed by atoms with E-state index in [9.17, 15) is 36.4 Å². The second-order valence-electron chi connectivity index (χ2n) is 11.7. The first-order chi connectivity index (χ1) is 21.3. The lowest BCUT2D eigenvalue weighted by atomic mass is 9.97. The van der Waals surface area contributed by atoms with Gasteiger partial charge in [-0.2, -0.15) is 18.3 Å². The summed E-state index contributed by atoms with van der Waals surface area (Å²) >= 11 is 0. The Morgan fingerprint density at radius 2 is 1.74 bits per heavy atom. The molecule has 1 saturated heterocycles. The van der Waals surface area contributed by atoms with Crippen LogP contribution in [-0.2, 0) is 35.4 Å². The van der Waals surface area contributed by atoms with Gasteiger partial charge in [-0.05, 0) is 64.4 Å². The SMILES string of the molecule is Cc1ccc(-c2cc(C(F)(F)F)nn2-c2ccc(S(=O)(=O)NC(=O)C3CCN(/[N+]([O-])=N/OC(C)OC(=O)C(C)(C)C)C3)cc2)cc1. The van der Waals surface area contributed by atoms with Crippen LogP contribution in [0.25, 0.3) is 16.9 Å². The summed E-state index contributed by atoms with van der Waals surface area (Å²) in [5.41, 5.74) is -0.227. The minimum Gasteiger partial charge on any atom is -0.569 e. The number of carbonyl (C=O) groups is 2. The maximum absolute atomic E-state index is 13.5. The third kappa shape index (κ3) is 8.13. The lowest BCUT2D eigenvalue weighted by molar-refractivity contribution is -0.709. The molecule has 13 nitrogen and oxygen atoms in total. The van der Waals surface area contributed by atoms with Crippen LogP contribution in [0.3, 0.4) is 0 Å². The Morgan fingerprint density at radius 3 is 2.33 bits per heavy atom. The van der Waals surface area contributed by atoms with E-state index < -0.39 is 51.4 Å². The lowest BCUT2D eigenvalue weighted by Gasteiger charge is -2.19. The van der Waals surface area contributed by atoms with Crippen molar-refractivity contribution in [3.63, 3.8) is 0 Å². The lowest BCUT2D eigenvalue weighted by Crippen LogP contribution is -2.38. The number of halogens is 3. The number of esters is 1. The number of aromatic nitrogens is 2. The number of nitrogens with zero attached hydrogens (tertiary/aromatic N) is 5. The van der Waals surface area contributed by atoms with Crippen molar-refractivity contribution in [3.8, 4) is 16.9 Å². The molecule has 1 amide bonds. The van der Waals surface area contributed by atoms with Crippen LogP contribution in [0.2, 0.25) is 0 Å². The molecule has 1 fully saturated rings. The molecular weight excluding hydrogens is 633 g/mol. The normalized spacial score (nSPS) is 16.7. The monoisotopic (exact) mass is 666 g/mol. The molecule has 0 aliphatic carbocycles. The van der Waals surface area contributed by atoms with Gasteiger partial charge in [0.05, 0.1) is 45.7 Å². The molecule has 0 bridgehead atoms. The predicted molar refractivity (Wildman–Crippen MR) is 156 cm³/mol. The topological polar surface area (TPSA) is 158 Å². The van der Waals surface area contributed by atoms with Gasteiger partial charge in [0, 0.05) is 12.5 Å². The molecule has 1 N–H and O–H groups in total. The molecule has 0 radical (unpaired) electrons. The molecule has 2 atom stereocenters. The van der Waals surface area contributed by atoms with Gasteiger partial charge in [-0.25, -0.2) is 17.8 Å². The van der Waals surface area contributed by atoms with Gasteiger partial charge in [0.15, 0.2) is 5.69 Å². The summed E-state index contributed by atoms with van der Waals surface area (Å²) in [7, 11) is -4.38. The Bertz CT molecular complexity index is 1720. The quantitative estimate of drug-likeness (QED) is 0.112. The highest BCUT2D eigenvalue weighted by Gasteiger charge is 2.37. The van der Waals surface area contributed by atoms with Crippen LogP contribution in [0.15, 0.2) is 64.8 Å². The van der Waals surface area contributed by atoms with E-state index >= 15 is 0 Å². The summed E-state index contributed by atoms with van der Waals surface area (Å²) in [4.78, 5) is 29.4. The van der Waals surface area contributed by atoms with E-state index in [-0.39, 0.29) is 40.8 Å². The number of benzene rings is 2. The Balaban J connectivity index is 1.42. The van der Waals surface area contributed by atoms with E-state index in [1.54, 1.807) is 45.0 Å². The minimum atomic E-state index is -4.71. The van der Waals surface area contributed by atoms with Crippen LogP contribution in [-0.4, -0.2) is 59.4 Å². The standard InChI is InChI=1S/C29H33F3N6O7S/c1-18-6-8-20(9-7-18)24-16-25(29(30,31)32)33-37(24)22-10-12-23(13-11-22)46(42,43)34-26(39)21-14-15-36(17-21)38(41)35-45-19(2)44-27(40)28(3,4)5/h6-13,16,19,21H,14-15,17H2,1-5H3,(H,34,39)/b38-35-. The molecule has 248 valence electrons. The third-order valence-corrected chi connectivity index (χ3v) is 8.27. The van der Waals surface area contributed by atoms with Crippen molar-refractivity contribution < 1.29 is 45.7 Å². The average molecular weight is 667 g/mol. The first kappa shape index (κ1) is 34.2. The first-order valence-electron chi connectivity index (χ1n) is 14.1. The maximum Gasteiger partial charge on any atom is 0.435 e. The Labute approximate surface area is 263 Å². The molecular formula is C29H33F3N6O7S. The second-order valence-corrected chi connectivity index (χ2v) is 13.4. The molecule has 2 heterocycles. The van der Waals surface area contributed by atoms with E-state index in [1.807, 2.05) is 11.6 Å². The number of alkyl halides is 3. The van der Waals surface area contributed by atoms with Crippen molar-refractivity contribution in [2.75, 3.05) is 13.1 Å². The van der Waals surface area contributed by atoms with Crippen molar-refractivity contribution in [3.05, 3.63) is 71.1 Å². The van der Waals surface area contributed by atoms with E-state index in [1.165, 1.54) is 19.1 Å². The molecule has 1 aromatic heterocycles. The molecule has 2 unspecified atom stereocenters. The van der Waals surface area contributed by atoms with Crippen LogP contribution in [0.4, 0.5) is 13.2 Å². The number of sulfonamides is 1. The Kier molecular flexibility index (Phi) is 9.65. The number of ether oxygens (including phenoxy) is 1. The summed E-state index contributed by atoms with van der Waals surface area (Å²) in [6, 6.07) is 12.5. The zero-order valence-corrected chi connectivity index (χ0v) is 26.4. The maximum atomic E-state index is 13.5. The molecule has 46 heavy (non-hydrogen) atoms. The Morgan fingerprint density at radius 1 is 1.11 bits per heavy atom. The second kappa shape index (κ2) is 13.0. The van der Waals surface area contributed by atoms with Crippen LogP contribution < -0.4 is 4.72 Å². The van der Waals surface area contributed by atoms with Crippen LogP contribution in [0.5, 0.6) is 0 Å². The molecule has 2 aromatic carbocycles. The van der Waals surface area contributed by atoms with E-state index in [0.717, 1.165) is 33.5 Å². The minimum absolute atomic E-state index is 0.0620. The summed E-state index contributed by atoms with van der Waals surface area (Å²) in [6.07, 6.45) is -5.74. The predicted octanol–water partition coefficient (Wildman–Crippen LogP) is 4.74. The number of hydrazine groups is 1. The van der Waals surface area contributed by atoms with Gasteiger partial charge >= 0.3 is 12.1 Å². The molecule has 1 aliphatic heterocycles. The van der Waals surface area contributed by atoms with Gasteiger partial charge < -0.3 is 9.94 Å². The zero-order valence-electron chi connectivity index (χ0n) is 25.6. The summed E-state index contributed by atoms with van der Waals surface area (Å²) in [5, 5.41) is 20.5. The van der Waals surface area contributed by atoms with E-state index in [4.69, 9.17) is 9.57 Å². The number of carbonyl (C=O) groups excluding carboxylic acids is 2. The van der Waals surface area contributed by atoms with Gasteiger partial charge in [0.1, 0.15) is 0 Å². The summed E-state index contributed by atoms with van der Waals surface area (Å²) in [6.45, 7) is 8.03. The highest BCUT2D eigenvalue weighted by atomic mass is 32.2. The van der Waals surface area contributed by atoms with E-state index in [0.29, 0.717) is 5.56 Å². The fourth-order valence-corrected chi connectivity index (χ4v) is 5.35. The highest BCUT2D eigenvalue weighted by Crippen LogP contribution is 2.33. The highest BCUT2D eigenvalue weighted by molar-refractivity contribution is 7.90. The van der Waals surface area contributed by atoms with Crippen molar-refractivity contribution >= 4 is 21.9 Å². The van der Waals surface area contributed by atoms with Crippen LogP contribution in [0.1, 0.15) is 45.4 Å². The van der Waals surface area contributed by atoms with Crippen molar-refractivity contribution in [1.29, 1.82) is 0 Å². The summed E-state index contributed by atoms with van der Waals surface area (Å²) < 4.78 is 74.6. The number of hydrogen-bond acceptors (Lipinski definition) is 9. The smallest absolute Gasteiger partial charge is 0.435 e. The molecule has 1 aliphatic rings. The van der Waals surface area contributed by atoms with Gasteiger partial charge in [-0.15, -0.1) is 5.01 Å². The van der Waals surface area contributed by atoms with Crippen molar-refractivity contribution in [2.45, 2.75) is 58.4 Å². The number of amides is 1. The van der Waals surface area contributed by atoms with Gasteiger partial charge in [-0.1, -0.05) is 29.8 Å². The Hall–Kier alpha value is -4.67. The molecule has 17 heteroatoms. The van der Waals surface area contributed by atoms with Crippen molar-refractivity contribution in [2.24, 2.45) is 16.6 Å². The van der Waals surface area contributed by atoms with Crippen LogP contribution in [0, 0.1) is 23.5 Å². The van der Waals surface area contributed by atoms with E-state index in [2.05, 4.69) is 10.4 Å². The van der Waals surface area contributed by atoms with Gasteiger partial charge in [0.2, 0.25) is 11.2 Å². The zero-order chi connectivity index (χ0) is 34.0. The largest absolute Gasteiger partial charge is 0.569 e. The van der Waals surface area contributed by atoms with Gasteiger partial charge in [0.25, 0.3) is 16.3 Å². The number of rotatable bonds is 9.